The molecule has 0 aromatic heterocycles. The predicted molar refractivity (Wildman–Crippen MR) is 154 cm³/mol. The molecule has 4 aromatic rings. The smallest absolute Gasteiger partial charge is 0.122 e. The van der Waals surface area contributed by atoms with Crippen molar-refractivity contribution in [3.63, 3.8) is 0 Å². The van der Waals surface area contributed by atoms with Gasteiger partial charge in [0.15, 0.2) is 0 Å². The molecule has 0 radical (unpaired) electrons. The van der Waals surface area contributed by atoms with E-state index in [0.29, 0.717) is 24.3 Å². The fourth-order valence-electron chi connectivity index (χ4n) is 5.24. The fourth-order valence-corrected chi connectivity index (χ4v) is 5.24. The highest BCUT2D eigenvalue weighted by atomic mass is 16.3. The van der Waals surface area contributed by atoms with Gasteiger partial charge in [-0.15, -0.1) is 0 Å². The second kappa shape index (κ2) is 10.4. The molecule has 4 heteroatoms. The molecule has 0 aliphatic heterocycles. The van der Waals surface area contributed by atoms with Crippen LogP contribution < -0.4 is 0 Å². The normalized spacial score (nSPS) is 11.4. The average Bonchev–Trinajstić information content (AvgIpc) is 2.85. The van der Waals surface area contributed by atoms with Gasteiger partial charge in [0.05, 0.1) is 0 Å². The molecule has 0 bridgehead atoms. The number of phenolic OH excluding ortho intramolecular Hbond substituents is 4. The molecule has 0 atom stereocenters. The highest BCUT2D eigenvalue weighted by Gasteiger charge is 2.18. The van der Waals surface area contributed by atoms with E-state index in [4.69, 9.17) is 0 Å². The molecule has 4 aromatic carbocycles. The Kier molecular flexibility index (Phi) is 7.46. The molecule has 0 amide bonds. The minimum Gasteiger partial charge on any atom is -0.508 e. The molecular weight excluding hydrogens is 472 g/mol. The summed E-state index contributed by atoms with van der Waals surface area (Å²) in [6, 6.07) is 15.7. The van der Waals surface area contributed by atoms with Crippen molar-refractivity contribution < 1.29 is 20.4 Å². The number of benzene rings is 4. The van der Waals surface area contributed by atoms with Gasteiger partial charge in [-0.1, -0.05) is 43.3 Å². The fraction of sp³-hybridized carbons (Fsp3) is 0.294. The van der Waals surface area contributed by atoms with Gasteiger partial charge in [0, 0.05) is 18.8 Å². The van der Waals surface area contributed by atoms with Crippen molar-refractivity contribution in [2.24, 2.45) is 0 Å². The zero-order chi connectivity index (χ0) is 27.9. The molecule has 4 rings (SSSR count). The van der Waals surface area contributed by atoms with E-state index >= 15 is 0 Å². The molecule has 0 unspecified atom stereocenters. The van der Waals surface area contributed by atoms with Gasteiger partial charge in [-0.3, -0.25) is 0 Å². The van der Waals surface area contributed by atoms with E-state index < -0.39 is 0 Å². The van der Waals surface area contributed by atoms with Crippen LogP contribution in [-0.2, 0) is 12.8 Å². The van der Waals surface area contributed by atoms with Gasteiger partial charge in [-0.2, -0.15) is 0 Å². The SMILES string of the molecule is Cc1cc(Cc2cc(C(C)c3cc(C)c(O)c(Cc4cc(C)c(O)cc4C)c3)cc(C)c2O)c(C)cc1O. The van der Waals surface area contributed by atoms with Crippen LogP contribution in [0.25, 0.3) is 0 Å². The Balaban J connectivity index is 1.71. The van der Waals surface area contributed by atoms with Crippen LogP contribution in [0, 0.1) is 41.5 Å². The molecule has 38 heavy (non-hydrogen) atoms. The molecule has 0 saturated heterocycles. The summed E-state index contributed by atoms with van der Waals surface area (Å²) in [6.45, 7) is 13.7. The van der Waals surface area contributed by atoms with E-state index in [1.54, 1.807) is 12.1 Å². The molecular formula is C34H38O4. The quantitative estimate of drug-likeness (QED) is 0.214. The van der Waals surface area contributed by atoms with E-state index in [-0.39, 0.29) is 17.4 Å². The molecule has 0 aliphatic rings. The molecule has 0 saturated carbocycles. The van der Waals surface area contributed by atoms with Gasteiger partial charge < -0.3 is 20.4 Å². The van der Waals surface area contributed by atoms with Crippen molar-refractivity contribution in [1.82, 2.24) is 0 Å². The summed E-state index contributed by atoms with van der Waals surface area (Å²) >= 11 is 0. The third-order valence-corrected chi connectivity index (χ3v) is 7.87. The summed E-state index contributed by atoms with van der Waals surface area (Å²) in [7, 11) is 0. The van der Waals surface area contributed by atoms with Crippen LogP contribution in [0.4, 0.5) is 0 Å². The monoisotopic (exact) mass is 510 g/mol. The van der Waals surface area contributed by atoms with Gasteiger partial charge in [0.2, 0.25) is 0 Å². The lowest BCUT2D eigenvalue weighted by atomic mass is 9.86. The van der Waals surface area contributed by atoms with Gasteiger partial charge in [-0.05, 0) is 120 Å². The summed E-state index contributed by atoms with van der Waals surface area (Å²) < 4.78 is 0. The maximum absolute atomic E-state index is 10.9. The summed E-state index contributed by atoms with van der Waals surface area (Å²) in [5, 5.41) is 41.9. The average molecular weight is 511 g/mol. The Bertz CT molecular complexity index is 1420. The molecule has 4 nitrogen and oxygen atoms in total. The molecule has 198 valence electrons. The highest BCUT2D eigenvalue weighted by molar-refractivity contribution is 5.53. The topological polar surface area (TPSA) is 80.9 Å². The number of rotatable bonds is 6. The molecule has 0 aliphatic carbocycles. The number of hydrogen-bond donors (Lipinski definition) is 4. The lowest BCUT2D eigenvalue weighted by molar-refractivity contribution is 0.464. The van der Waals surface area contributed by atoms with Crippen LogP contribution in [0.1, 0.15) is 79.6 Å². The zero-order valence-corrected chi connectivity index (χ0v) is 23.4. The summed E-state index contributed by atoms with van der Waals surface area (Å²) in [5.41, 5.74) is 11.3. The van der Waals surface area contributed by atoms with Crippen molar-refractivity contribution in [3.8, 4) is 23.0 Å². The first-order valence-corrected chi connectivity index (χ1v) is 13.1. The van der Waals surface area contributed by atoms with Crippen molar-refractivity contribution in [1.29, 1.82) is 0 Å². The van der Waals surface area contributed by atoms with Crippen LogP contribution in [0.15, 0.2) is 48.5 Å². The molecule has 0 heterocycles. The standard InChI is InChI=1S/C34H38O4/c1-18-12-31(35)20(3)8-25(18)14-29-16-27(10-22(5)33(29)37)24(7)28-11-23(6)34(38)30(17-28)15-26-9-21(4)32(36)13-19(26)2/h8-13,16-17,24,35-38H,14-15H2,1-7H3. The van der Waals surface area contributed by atoms with Crippen molar-refractivity contribution in [3.05, 3.63) is 115 Å². The second-order valence-corrected chi connectivity index (χ2v) is 10.9. The number of phenols is 4. The third kappa shape index (κ3) is 5.35. The van der Waals surface area contributed by atoms with Crippen LogP contribution in [-0.4, -0.2) is 20.4 Å². The summed E-state index contributed by atoms with van der Waals surface area (Å²) in [4.78, 5) is 0. The van der Waals surface area contributed by atoms with Gasteiger partial charge in [0.25, 0.3) is 0 Å². The second-order valence-electron chi connectivity index (χ2n) is 10.9. The lowest BCUT2D eigenvalue weighted by Crippen LogP contribution is -2.03. The largest absolute Gasteiger partial charge is 0.508 e. The van der Waals surface area contributed by atoms with Gasteiger partial charge in [-0.25, -0.2) is 0 Å². The van der Waals surface area contributed by atoms with Gasteiger partial charge in [0.1, 0.15) is 23.0 Å². The Morgan fingerprint density at radius 2 is 0.816 bits per heavy atom. The number of aromatic hydroxyl groups is 4. The summed E-state index contributed by atoms with van der Waals surface area (Å²) in [6.07, 6.45) is 1.14. The third-order valence-electron chi connectivity index (χ3n) is 7.87. The van der Waals surface area contributed by atoms with Crippen molar-refractivity contribution in [2.45, 2.75) is 67.2 Å². The van der Waals surface area contributed by atoms with Crippen molar-refractivity contribution >= 4 is 0 Å². The lowest BCUT2D eigenvalue weighted by Gasteiger charge is -2.20. The van der Waals surface area contributed by atoms with E-state index in [0.717, 1.165) is 66.8 Å². The number of aryl methyl sites for hydroxylation is 6. The minimum absolute atomic E-state index is 0.0383. The van der Waals surface area contributed by atoms with E-state index in [1.807, 2.05) is 65.8 Å². The maximum atomic E-state index is 10.9. The van der Waals surface area contributed by atoms with Crippen molar-refractivity contribution in [2.75, 3.05) is 0 Å². The summed E-state index contributed by atoms with van der Waals surface area (Å²) in [5.74, 6) is 1.20. The van der Waals surface area contributed by atoms with Crippen LogP contribution in [0.3, 0.4) is 0 Å². The molecule has 0 fully saturated rings. The van der Waals surface area contributed by atoms with E-state index in [9.17, 15) is 20.4 Å². The molecule has 4 N–H and O–H groups in total. The first-order chi connectivity index (χ1) is 17.8. The first-order valence-electron chi connectivity index (χ1n) is 13.1. The van der Waals surface area contributed by atoms with Crippen LogP contribution in [0.5, 0.6) is 23.0 Å². The zero-order valence-electron chi connectivity index (χ0n) is 23.4. The van der Waals surface area contributed by atoms with Gasteiger partial charge >= 0.3 is 0 Å². The molecule has 0 spiro atoms. The Morgan fingerprint density at radius 3 is 1.18 bits per heavy atom. The van der Waals surface area contributed by atoms with Crippen LogP contribution >= 0.6 is 0 Å². The highest BCUT2D eigenvalue weighted by Crippen LogP contribution is 2.37. The minimum atomic E-state index is 0.0383. The Hall–Kier alpha value is -3.92. The Morgan fingerprint density at radius 1 is 0.447 bits per heavy atom. The first kappa shape index (κ1) is 27.1. The Labute approximate surface area is 225 Å². The van der Waals surface area contributed by atoms with E-state index in [1.165, 1.54) is 0 Å². The van der Waals surface area contributed by atoms with Crippen LogP contribution in [0.2, 0.25) is 0 Å². The van der Waals surface area contributed by atoms with E-state index in [2.05, 4.69) is 19.1 Å². The maximum Gasteiger partial charge on any atom is 0.122 e. The predicted octanol–water partition coefficient (Wildman–Crippen LogP) is 7.69. The number of hydrogen-bond acceptors (Lipinski definition) is 4.